The molecule has 0 amide bonds. The van der Waals surface area contributed by atoms with Gasteiger partial charge in [0.05, 0.1) is 11.5 Å². The van der Waals surface area contributed by atoms with Crippen molar-refractivity contribution in [2.24, 2.45) is 5.41 Å². The van der Waals surface area contributed by atoms with Crippen LogP contribution in [-0.4, -0.2) is 20.1 Å². The summed E-state index contributed by atoms with van der Waals surface area (Å²) in [6.07, 6.45) is 5.59. The van der Waals surface area contributed by atoms with Crippen LogP contribution in [0.5, 0.6) is 0 Å². The summed E-state index contributed by atoms with van der Waals surface area (Å²) in [6, 6.07) is 1.56. The molecule has 6 heteroatoms. The third-order valence-corrected chi connectivity index (χ3v) is 6.71. The zero-order chi connectivity index (χ0) is 13.9. The fraction of sp³-hybridized carbons (Fsp3) is 0.692. The highest BCUT2D eigenvalue weighted by Crippen LogP contribution is 2.40. The molecule has 1 fully saturated rings. The average Bonchev–Trinajstić information content (AvgIpc) is 3.06. The van der Waals surface area contributed by atoms with Gasteiger partial charge in [0.1, 0.15) is 0 Å². The molecule has 1 saturated carbocycles. The number of hydrogen-bond donors (Lipinski definition) is 2. The van der Waals surface area contributed by atoms with Crippen LogP contribution in [0.4, 0.5) is 0 Å². The first kappa shape index (κ1) is 15.0. The Kier molecular flexibility index (Phi) is 4.66. The van der Waals surface area contributed by atoms with Crippen molar-refractivity contribution in [2.45, 2.75) is 50.5 Å². The van der Waals surface area contributed by atoms with Gasteiger partial charge in [0.15, 0.2) is 0 Å². The van der Waals surface area contributed by atoms with Gasteiger partial charge in [-0.25, -0.2) is 13.1 Å². The molecule has 1 aromatic rings. The van der Waals surface area contributed by atoms with Crippen molar-refractivity contribution in [1.82, 2.24) is 4.72 Å². The average molecular weight is 303 g/mol. The minimum atomic E-state index is -3.49. The van der Waals surface area contributed by atoms with Crippen LogP contribution < -0.4 is 4.72 Å². The maximum atomic E-state index is 12.3. The zero-order valence-electron chi connectivity index (χ0n) is 11.2. The van der Waals surface area contributed by atoms with E-state index in [-0.39, 0.29) is 16.9 Å². The van der Waals surface area contributed by atoms with Gasteiger partial charge in [-0.1, -0.05) is 19.8 Å². The summed E-state index contributed by atoms with van der Waals surface area (Å²) >= 11 is 1.27. The standard InChI is InChI=1S/C13H21NO3S2/c1-2-13(6-3-4-7-13)10-14-19(16,17)12-5-8-18-11(12)9-15/h5,8,14-15H,2-4,6-7,9-10H2,1H3. The van der Waals surface area contributed by atoms with Crippen LogP contribution in [0.2, 0.25) is 0 Å². The summed E-state index contributed by atoms with van der Waals surface area (Å²) in [5, 5.41) is 10.9. The van der Waals surface area contributed by atoms with Gasteiger partial charge < -0.3 is 5.11 Å². The molecule has 2 N–H and O–H groups in total. The third-order valence-electron chi connectivity index (χ3n) is 4.19. The number of sulfonamides is 1. The van der Waals surface area contributed by atoms with Gasteiger partial charge in [-0.2, -0.15) is 0 Å². The predicted octanol–water partition coefficient (Wildman–Crippen LogP) is 2.49. The minimum absolute atomic E-state index is 0.127. The maximum Gasteiger partial charge on any atom is 0.241 e. The molecule has 0 bridgehead atoms. The molecule has 2 rings (SSSR count). The molecule has 0 aliphatic heterocycles. The normalized spacial score (nSPS) is 18.8. The van der Waals surface area contributed by atoms with E-state index in [0.717, 1.165) is 19.3 Å². The lowest BCUT2D eigenvalue weighted by molar-refractivity contribution is 0.281. The van der Waals surface area contributed by atoms with Crippen LogP contribution in [0.15, 0.2) is 16.3 Å². The SMILES string of the molecule is CCC1(CNS(=O)(=O)c2ccsc2CO)CCCC1. The number of rotatable bonds is 6. The molecule has 1 heterocycles. The molecule has 0 atom stereocenters. The zero-order valence-corrected chi connectivity index (χ0v) is 12.8. The Bertz CT molecular complexity index is 516. The maximum absolute atomic E-state index is 12.3. The van der Waals surface area contributed by atoms with Crippen LogP contribution in [0, 0.1) is 5.41 Å². The molecule has 1 aromatic heterocycles. The second kappa shape index (κ2) is 5.91. The van der Waals surface area contributed by atoms with Crippen LogP contribution >= 0.6 is 11.3 Å². The molecule has 0 saturated heterocycles. The largest absolute Gasteiger partial charge is 0.391 e. The van der Waals surface area contributed by atoms with Crippen molar-refractivity contribution in [1.29, 1.82) is 0 Å². The fourth-order valence-corrected chi connectivity index (χ4v) is 5.24. The van der Waals surface area contributed by atoms with Gasteiger partial charge in [0.25, 0.3) is 0 Å². The van der Waals surface area contributed by atoms with Gasteiger partial charge in [-0.05, 0) is 36.1 Å². The first-order chi connectivity index (χ1) is 9.03. The Morgan fingerprint density at radius 1 is 1.42 bits per heavy atom. The van der Waals surface area contributed by atoms with E-state index in [0.29, 0.717) is 11.4 Å². The number of hydrogen-bond acceptors (Lipinski definition) is 4. The molecule has 0 radical (unpaired) electrons. The van der Waals surface area contributed by atoms with Crippen molar-refractivity contribution in [3.63, 3.8) is 0 Å². The van der Waals surface area contributed by atoms with E-state index in [1.165, 1.54) is 24.2 Å². The summed E-state index contributed by atoms with van der Waals surface area (Å²) in [5.74, 6) is 0. The monoisotopic (exact) mass is 303 g/mol. The summed E-state index contributed by atoms with van der Waals surface area (Å²) in [4.78, 5) is 0.730. The molecule has 1 aliphatic carbocycles. The Hall–Kier alpha value is -0.430. The third kappa shape index (κ3) is 3.18. The lowest BCUT2D eigenvalue weighted by Crippen LogP contribution is -2.35. The summed E-state index contributed by atoms with van der Waals surface area (Å²) < 4.78 is 27.3. The summed E-state index contributed by atoms with van der Waals surface area (Å²) in [7, 11) is -3.49. The number of aliphatic hydroxyl groups excluding tert-OH is 1. The van der Waals surface area contributed by atoms with E-state index >= 15 is 0 Å². The minimum Gasteiger partial charge on any atom is -0.391 e. The quantitative estimate of drug-likeness (QED) is 0.848. The smallest absolute Gasteiger partial charge is 0.241 e. The molecule has 1 aliphatic rings. The first-order valence-corrected chi connectivity index (χ1v) is 9.06. The van der Waals surface area contributed by atoms with E-state index in [2.05, 4.69) is 11.6 Å². The summed E-state index contributed by atoms with van der Waals surface area (Å²) in [5.41, 5.74) is 0.127. The van der Waals surface area contributed by atoms with E-state index < -0.39 is 10.0 Å². The van der Waals surface area contributed by atoms with Crippen molar-refractivity contribution in [2.75, 3.05) is 6.54 Å². The Morgan fingerprint density at radius 3 is 2.68 bits per heavy atom. The second-order valence-electron chi connectivity index (χ2n) is 5.25. The molecular formula is C13H21NO3S2. The van der Waals surface area contributed by atoms with Crippen molar-refractivity contribution in [3.05, 3.63) is 16.3 Å². The molecule has 0 unspecified atom stereocenters. The van der Waals surface area contributed by atoms with E-state index in [1.54, 1.807) is 11.4 Å². The van der Waals surface area contributed by atoms with Gasteiger partial charge >= 0.3 is 0 Å². The highest BCUT2D eigenvalue weighted by atomic mass is 32.2. The Balaban J connectivity index is 2.10. The van der Waals surface area contributed by atoms with Crippen LogP contribution in [0.3, 0.4) is 0 Å². The van der Waals surface area contributed by atoms with Gasteiger partial charge in [-0.3, -0.25) is 0 Å². The lowest BCUT2D eigenvalue weighted by atomic mass is 9.84. The predicted molar refractivity (Wildman–Crippen MR) is 76.6 cm³/mol. The summed E-state index contributed by atoms with van der Waals surface area (Å²) in [6.45, 7) is 2.41. The van der Waals surface area contributed by atoms with Crippen LogP contribution in [-0.2, 0) is 16.6 Å². The van der Waals surface area contributed by atoms with Crippen molar-refractivity contribution in [3.8, 4) is 0 Å². The Morgan fingerprint density at radius 2 is 2.11 bits per heavy atom. The highest BCUT2D eigenvalue weighted by molar-refractivity contribution is 7.89. The molecule has 0 spiro atoms. The van der Waals surface area contributed by atoms with E-state index in [4.69, 9.17) is 5.11 Å². The molecular weight excluding hydrogens is 282 g/mol. The van der Waals surface area contributed by atoms with Crippen molar-refractivity contribution < 1.29 is 13.5 Å². The van der Waals surface area contributed by atoms with Crippen LogP contribution in [0.25, 0.3) is 0 Å². The highest BCUT2D eigenvalue weighted by Gasteiger charge is 2.33. The molecule has 108 valence electrons. The topological polar surface area (TPSA) is 66.4 Å². The number of aliphatic hydroxyl groups is 1. The lowest BCUT2D eigenvalue weighted by Gasteiger charge is -2.27. The van der Waals surface area contributed by atoms with Crippen LogP contribution in [0.1, 0.15) is 43.9 Å². The fourth-order valence-electron chi connectivity index (χ4n) is 2.79. The van der Waals surface area contributed by atoms with Gasteiger partial charge in [0, 0.05) is 11.4 Å². The van der Waals surface area contributed by atoms with E-state index in [1.807, 2.05) is 0 Å². The van der Waals surface area contributed by atoms with E-state index in [9.17, 15) is 8.42 Å². The molecule has 4 nitrogen and oxygen atoms in total. The molecule has 19 heavy (non-hydrogen) atoms. The van der Waals surface area contributed by atoms with Gasteiger partial charge in [-0.15, -0.1) is 11.3 Å². The first-order valence-electron chi connectivity index (χ1n) is 6.70. The van der Waals surface area contributed by atoms with Gasteiger partial charge in [0.2, 0.25) is 10.0 Å². The van der Waals surface area contributed by atoms with Crippen molar-refractivity contribution >= 4 is 21.4 Å². The number of nitrogens with one attached hydrogen (secondary N) is 1. The Labute approximate surface area is 118 Å². The number of thiophene rings is 1. The second-order valence-corrected chi connectivity index (χ2v) is 7.99. The molecule has 0 aromatic carbocycles.